The van der Waals surface area contributed by atoms with Crippen molar-refractivity contribution in [2.45, 2.75) is 13.0 Å². The van der Waals surface area contributed by atoms with Gasteiger partial charge in [0.25, 0.3) is 0 Å². The van der Waals surface area contributed by atoms with Crippen molar-refractivity contribution in [3.8, 4) is 0 Å². The van der Waals surface area contributed by atoms with Gasteiger partial charge in [0.15, 0.2) is 5.11 Å². The monoisotopic (exact) mass is 187 g/mol. The molecule has 1 fully saturated rings. The van der Waals surface area contributed by atoms with Crippen LogP contribution in [-0.2, 0) is 4.79 Å². The van der Waals surface area contributed by atoms with Gasteiger partial charge in [0.1, 0.15) is 6.04 Å². The van der Waals surface area contributed by atoms with Crippen molar-refractivity contribution in [3.05, 3.63) is 0 Å². The molecule has 5 heteroatoms. The van der Waals surface area contributed by atoms with Crippen LogP contribution in [0.25, 0.3) is 0 Å². The Morgan fingerprint density at radius 3 is 3.08 bits per heavy atom. The molecule has 0 aromatic carbocycles. The first-order chi connectivity index (χ1) is 5.66. The molecule has 0 aromatic rings. The summed E-state index contributed by atoms with van der Waals surface area (Å²) in [6, 6.07) is -0.154. The van der Waals surface area contributed by atoms with Gasteiger partial charge in [-0.15, -0.1) is 0 Å². The third kappa shape index (κ3) is 1.66. The number of nitrogens with zero attached hydrogens (tertiary/aromatic N) is 1. The van der Waals surface area contributed by atoms with Gasteiger partial charge < -0.3 is 15.5 Å². The molecule has 1 saturated heterocycles. The lowest BCUT2D eigenvalue weighted by Gasteiger charge is -2.34. The lowest BCUT2D eigenvalue weighted by Crippen LogP contribution is -2.57. The normalized spacial score (nSPS) is 23.3. The molecule has 0 radical (unpaired) electrons. The highest BCUT2D eigenvalue weighted by atomic mass is 32.1. The lowest BCUT2D eigenvalue weighted by atomic mass is 10.2. The maximum atomic E-state index is 11.2. The van der Waals surface area contributed by atoms with E-state index in [1.165, 1.54) is 0 Å². The van der Waals surface area contributed by atoms with Crippen molar-refractivity contribution in [2.24, 2.45) is 0 Å². The summed E-state index contributed by atoms with van der Waals surface area (Å²) < 4.78 is 0. The smallest absolute Gasteiger partial charge is 0.242 e. The molecule has 0 aliphatic carbocycles. The zero-order valence-electron chi connectivity index (χ0n) is 7.26. The van der Waals surface area contributed by atoms with Crippen LogP contribution in [0.1, 0.15) is 6.92 Å². The van der Waals surface area contributed by atoms with Crippen molar-refractivity contribution in [3.63, 3.8) is 0 Å². The third-order valence-corrected chi connectivity index (χ3v) is 2.41. The van der Waals surface area contributed by atoms with Crippen molar-refractivity contribution in [2.75, 3.05) is 20.1 Å². The van der Waals surface area contributed by atoms with E-state index >= 15 is 0 Å². The van der Waals surface area contributed by atoms with E-state index in [9.17, 15) is 4.79 Å². The first-order valence-electron chi connectivity index (χ1n) is 3.93. The summed E-state index contributed by atoms with van der Waals surface area (Å²) in [5.41, 5.74) is 0. The van der Waals surface area contributed by atoms with Gasteiger partial charge in [0, 0.05) is 20.1 Å². The predicted molar refractivity (Wildman–Crippen MR) is 50.8 cm³/mol. The first kappa shape index (κ1) is 9.25. The van der Waals surface area contributed by atoms with Crippen LogP contribution in [0.5, 0.6) is 0 Å². The Morgan fingerprint density at radius 2 is 2.50 bits per heavy atom. The molecule has 1 rings (SSSR count). The van der Waals surface area contributed by atoms with Crippen molar-refractivity contribution < 1.29 is 4.79 Å². The number of piperazine rings is 1. The Labute approximate surface area is 77.3 Å². The Kier molecular flexibility index (Phi) is 2.86. The van der Waals surface area contributed by atoms with Crippen LogP contribution < -0.4 is 10.6 Å². The summed E-state index contributed by atoms with van der Waals surface area (Å²) in [5.74, 6) is 0.0406. The number of hydrogen-bond acceptors (Lipinski definition) is 2. The fourth-order valence-electron chi connectivity index (χ4n) is 1.20. The van der Waals surface area contributed by atoms with E-state index in [0.29, 0.717) is 11.7 Å². The number of carbonyl (C=O) groups excluding carboxylic acids is 1. The highest BCUT2D eigenvalue weighted by Gasteiger charge is 2.26. The highest BCUT2D eigenvalue weighted by molar-refractivity contribution is 7.80. The molecule has 68 valence electrons. The predicted octanol–water partition coefficient (Wildman–Crippen LogP) is -0.689. The number of thiocarbonyl (C=S) groups is 1. The first-order valence-corrected chi connectivity index (χ1v) is 4.33. The van der Waals surface area contributed by atoms with E-state index in [1.54, 1.807) is 7.05 Å². The van der Waals surface area contributed by atoms with Gasteiger partial charge in [0.2, 0.25) is 5.91 Å². The highest BCUT2D eigenvalue weighted by Crippen LogP contribution is 2.03. The van der Waals surface area contributed by atoms with E-state index in [2.05, 4.69) is 10.6 Å². The Balaban J connectivity index is 2.63. The molecule has 0 saturated carbocycles. The number of nitrogens with one attached hydrogen (secondary N) is 2. The van der Waals surface area contributed by atoms with Crippen molar-refractivity contribution >= 4 is 23.2 Å². The zero-order valence-corrected chi connectivity index (χ0v) is 8.07. The fraction of sp³-hybridized carbons (Fsp3) is 0.714. The van der Waals surface area contributed by atoms with Crippen LogP contribution in [0, 0.1) is 0 Å². The quantitative estimate of drug-likeness (QED) is 0.493. The standard InChI is InChI=1S/C7H13N3OS/c1-5-6(11)9-3-4-10(5)7(12)8-2/h5H,3-4H2,1-2H3,(H,8,12)(H,9,11). The molecule has 0 aromatic heterocycles. The third-order valence-electron chi connectivity index (χ3n) is 1.97. The second-order valence-corrected chi connectivity index (χ2v) is 3.10. The van der Waals surface area contributed by atoms with E-state index in [-0.39, 0.29) is 11.9 Å². The second-order valence-electron chi connectivity index (χ2n) is 2.72. The summed E-state index contributed by atoms with van der Waals surface area (Å²) in [4.78, 5) is 13.1. The average molecular weight is 187 g/mol. The molecule has 2 N–H and O–H groups in total. The molecule has 1 aliphatic rings. The fourth-order valence-corrected chi connectivity index (χ4v) is 1.45. The number of amides is 1. The molecule has 1 unspecified atom stereocenters. The van der Waals surface area contributed by atoms with Crippen LogP contribution in [0.2, 0.25) is 0 Å². The largest absolute Gasteiger partial charge is 0.366 e. The maximum Gasteiger partial charge on any atom is 0.242 e. The Bertz CT molecular complexity index is 207. The molecule has 12 heavy (non-hydrogen) atoms. The minimum absolute atomic E-state index is 0.0406. The van der Waals surface area contributed by atoms with E-state index in [4.69, 9.17) is 12.2 Å². The summed E-state index contributed by atoms with van der Waals surface area (Å²) in [6.45, 7) is 3.30. The molecule has 1 amide bonds. The van der Waals surface area contributed by atoms with Gasteiger partial charge >= 0.3 is 0 Å². The summed E-state index contributed by atoms with van der Waals surface area (Å²) in [5, 5.41) is 6.27. The summed E-state index contributed by atoms with van der Waals surface area (Å²) in [6.07, 6.45) is 0. The Morgan fingerprint density at radius 1 is 1.83 bits per heavy atom. The van der Waals surface area contributed by atoms with Gasteiger partial charge in [-0.1, -0.05) is 0 Å². The number of rotatable bonds is 0. The van der Waals surface area contributed by atoms with Crippen LogP contribution in [0.4, 0.5) is 0 Å². The number of hydrogen-bond donors (Lipinski definition) is 2. The summed E-state index contributed by atoms with van der Waals surface area (Å²) >= 11 is 5.04. The van der Waals surface area contributed by atoms with Crippen LogP contribution in [-0.4, -0.2) is 42.1 Å². The molecule has 0 bridgehead atoms. The molecule has 1 aliphatic heterocycles. The van der Waals surface area contributed by atoms with E-state index < -0.39 is 0 Å². The Hall–Kier alpha value is -0.840. The minimum atomic E-state index is -0.154. The van der Waals surface area contributed by atoms with Crippen molar-refractivity contribution in [1.29, 1.82) is 0 Å². The molecular weight excluding hydrogens is 174 g/mol. The maximum absolute atomic E-state index is 11.2. The van der Waals surface area contributed by atoms with Crippen molar-refractivity contribution in [1.82, 2.24) is 15.5 Å². The van der Waals surface area contributed by atoms with Crippen LogP contribution in [0.15, 0.2) is 0 Å². The van der Waals surface area contributed by atoms with Gasteiger partial charge in [-0.2, -0.15) is 0 Å². The van der Waals surface area contributed by atoms with Gasteiger partial charge in [-0.3, -0.25) is 4.79 Å². The van der Waals surface area contributed by atoms with E-state index in [1.807, 2.05) is 11.8 Å². The second kappa shape index (κ2) is 3.71. The molecular formula is C7H13N3OS. The molecule has 1 atom stereocenters. The SMILES string of the molecule is CNC(=S)N1CCNC(=O)C1C. The molecule has 0 spiro atoms. The lowest BCUT2D eigenvalue weighted by molar-refractivity contribution is -0.126. The van der Waals surface area contributed by atoms with Gasteiger partial charge in [0.05, 0.1) is 0 Å². The molecule has 1 heterocycles. The van der Waals surface area contributed by atoms with Crippen LogP contribution >= 0.6 is 12.2 Å². The molecule has 4 nitrogen and oxygen atoms in total. The average Bonchev–Trinajstić information content (AvgIpc) is 2.08. The zero-order chi connectivity index (χ0) is 9.14. The minimum Gasteiger partial charge on any atom is -0.366 e. The van der Waals surface area contributed by atoms with Gasteiger partial charge in [-0.25, -0.2) is 0 Å². The van der Waals surface area contributed by atoms with E-state index in [0.717, 1.165) is 6.54 Å². The summed E-state index contributed by atoms with van der Waals surface area (Å²) in [7, 11) is 1.77. The topological polar surface area (TPSA) is 44.4 Å². The number of carbonyl (C=O) groups is 1. The van der Waals surface area contributed by atoms with Gasteiger partial charge in [-0.05, 0) is 19.1 Å². The van der Waals surface area contributed by atoms with Crippen LogP contribution in [0.3, 0.4) is 0 Å².